The minimum Gasteiger partial charge on any atom is -0.481 e. The largest absolute Gasteiger partial charge is 0.481 e. The quantitative estimate of drug-likeness (QED) is 0.154. The average molecular weight is 715 g/mol. The Morgan fingerprint density at radius 3 is 2.50 bits per heavy atom. The van der Waals surface area contributed by atoms with E-state index in [4.69, 9.17) is 5.73 Å². The number of aliphatic carboxylic acids is 1. The molecule has 2 amide bonds. The molecule has 0 saturated heterocycles. The molecule has 5 aromatic carbocycles. The number of nitrogens with two attached hydrogens (primary N) is 1. The van der Waals surface area contributed by atoms with Gasteiger partial charge in [0, 0.05) is 29.7 Å². The molecule has 0 radical (unpaired) electrons. The van der Waals surface area contributed by atoms with E-state index < -0.39 is 17.4 Å². The highest BCUT2D eigenvalue weighted by Gasteiger charge is 2.51. The number of hydrogen-bond donors (Lipinski definition) is 4. The van der Waals surface area contributed by atoms with Crippen molar-refractivity contribution in [2.24, 2.45) is 11.1 Å². The fourth-order valence-electron chi connectivity index (χ4n) is 8.30. The highest BCUT2D eigenvalue weighted by molar-refractivity contribution is 6.04. The molecule has 8 heteroatoms. The number of anilines is 2. The number of hydrogen-bond acceptors (Lipinski definition) is 5. The Labute approximate surface area is 313 Å². The lowest BCUT2D eigenvalue weighted by Gasteiger charge is -2.38. The van der Waals surface area contributed by atoms with Crippen LogP contribution in [0.25, 0.3) is 17.7 Å². The Morgan fingerprint density at radius 2 is 1.69 bits per heavy atom. The summed E-state index contributed by atoms with van der Waals surface area (Å²) in [6, 6.07) is 33.9. The van der Waals surface area contributed by atoms with Crippen LogP contribution in [0, 0.1) is 15.9 Å². The molecular formula is C46H42N4O4. The SMILES string of the molecule is CC(C(=O)O)(C1=c2ccc3c(c2CCC1)CC=c1cc(C(=O)Nc2cccc(CN)c2)ccc1=3)C1Nc2ccccc2CN(C=Cc2ccccc2)C1=O. The predicted octanol–water partition coefficient (Wildman–Crippen LogP) is 6.09. The third kappa shape index (κ3) is 6.28. The molecular weight excluding hydrogens is 673 g/mol. The molecule has 8 nitrogen and oxygen atoms in total. The Hall–Kier alpha value is -6.25. The van der Waals surface area contributed by atoms with Crippen LogP contribution in [0.3, 0.4) is 0 Å². The molecule has 0 spiro atoms. The van der Waals surface area contributed by atoms with Crippen molar-refractivity contribution in [3.05, 3.63) is 170 Å². The molecule has 54 heavy (non-hydrogen) atoms. The van der Waals surface area contributed by atoms with Gasteiger partial charge in [-0.1, -0.05) is 84.9 Å². The number of fused-ring (bicyclic) bond motifs is 5. The fourth-order valence-corrected chi connectivity index (χ4v) is 8.30. The molecule has 1 heterocycles. The number of carbonyl (C=O) groups is 3. The minimum atomic E-state index is -1.56. The van der Waals surface area contributed by atoms with E-state index in [9.17, 15) is 19.5 Å². The van der Waals surface area contributed by atoms with Crippen LogP contribution in [0.15, 0.2) is 115 Å². The van der Waals surface area contributed by atoms with E-state index >= 15 is 0 Å². The van der Waals surface area contributed by atoms with E-state index in [-0.39, 0.29) is 11.8 Å². The van der Waals surface area contributed by atoms with E-state index in [1.165, 1.54) is 5.56 Å². The van der Waals surface area contributed by atoms with E-state index in [0.717, 1.165) is 67.2 Å². The molecule has 5 N–H and O–H groups in total. The molecule has 8 rings (SSSR count). The van der Waals surface area contributed by atoms with Gasteiger partial charge in [0.2, 0.25) is 0 Å². The molecule has 0 bridgehead atoms. The highest BCUT2D eigenvalue weighted by atomic mass is 16.4. The van der Waals surface area contributed by atoms with Crippen molar-refractivity contribution < 1.29 is 19.5 Å². The third-order valence-electron chi connectivity index (χ3n) is 11.2. The van der Waals surface area contributed by atoms with Crippen molar-refractivity contribution in [2.45, 2.75) is 51.7 Å². The molecule has 2 aliphatic carbocycles. The van der Waals surface area contributed by atoms with E-state index in [2.05, 4.69) is 22.8 Å². The Bertz CT molecular complexity index is 2580. The van der Waals surface area contributed by atoms with Crippen molar-refractivity contribution in [3.63, 3.8) is 0 Å². The molecule has 2 unspecified atom stereocenters. The van der Waals surface area contributed by atoms with Gasteiger partial charge < -0.3 is 26.4 Å². The van der Waals surface area contributed by atoms with Gasteiger partial charge in [-0.3, -0.25) is 14.4 Å². The van der Waals surface area contributed by atoms with Gasteiger partial charge in [-0.05, 0) is 123 Å². The second kappa shape index (κ2) is 14.3. The lowest BCUT2D eigenvalue weighted by molar-refractivity contribution is -0.149. The maximum atomic E-state index is 14.6. The second-order valence-electron chi connectivity index (χ2n) is 14.5. The average Bonchev–Trinajstić information content (AvgIpc) is 3.35. The number of nitrogens with one attached hydrogen (secondary N) is 2. The first-order valence-corrected chi connectivity index (χ1v) is 18.5. The lowest BCUT2D eigenvalue weighted by Crippen LogP contribution is -2.54. The maximum Gasteiger partial charge on any atom is 0.316 e. The van der Waals surface area contributed by atoms with E-state index in [1.54, 1.807) is 18.0 Å². The van der Waals surface area contributed by atoms with Crippen LogP contribution < -0.4 is 26.8 Å². The summed E-state index contributed by atoms with van der Waals surface area (Å²) in [5.41, 5.74) is 12.1. The first-order valence-electron chi connectivity index (χ1n) is 18.5. The van der Waals surface area contributed by atoms with Crippen LogP contribution in [-0.4, -0.2) is 33.8 Å². The highest BCUT2D eigenvalue weighted by Crippen LogP contribution is 2.41. The summed E-state index contributed by atoms with van der Waals surface area (Å²) in [6.45, 7) is 2.42. The summed E-state index contributed by atoms with van der Waals surface area (Å²) in [4.78, 5) is 43.2. The van der Waals surface area contributed by atoms with Crippen molar-refractivity contribution >= 4 is 46.9 Å². The zero-order valence-corrected chi connectivity index (χ0v) is 30.1. The Morgan fingerprint density at radius 1 is 0.907 bits per heavy atom. The molecule has 0 aromatic heterocycles. The van der Waals surface area contributed by atoms with Crippen LogP contribution in [0.5, 0.6) is 0 Å². The van der Waals surface area contributed by atoms with E-state index in [1.807, 2.05) is 109 Å². The van der Waals surface area contributed by atoms with Crippen molar-refractivity contribution in [2.75, 3.05) is 10.6 Å². The lowest BCUT2D eigenvalue weighted by atomic mass is 9.69. The number of amides is 2. The molecule has 2 atom stereocenters. The van der Waals surface area contributed by atoms with Gasteiger partial charge in [0.1, 0.15) is 11.5 Å². The number of para-hydroxylation sites is 1. The topological polar surface area (TPSA) is 125 Å². The monoisotopic (exact) mass is 714 g/mol. The van der Waals surface area contributed by atoms with Crippen LogP contribution in [0.1, 0.15) is 57.9 Å². The summed E-state index contributed by atoms with van der Waals surface area (Å²) in [5, 5.41) is 21.6. The summed E-state index contributed by atoms with van der Waals surface area (Å²) < 4.78 is 0. The van der Waals surface area contributed by atoms with Gasteiger partial charge in [-0.15, -0.1) is 0 Å². The number of carbonyl (C=O) groups excluding carboxylic acids is 2. The van der Waals surface area contributed by atoms with Crippen LogP contribution in [-0.2, 0) is 35.5 Å². The van der Waals surface area contributed by atoms with Crippen LogP contribution in [0.4, 0.5) is 11.4 Å². The Kier molecular flexibility index (Phi) is 9.21. The minimum absolute atomic E-state index is 0.192. The number of nitrogens with zero attached hydrogens (tertiary/aromatic N) is 1. The fraction of sp³-hybridized carbons (Fsp3) is 0.196. The molecule has 270 valence electrons. The van der Waals surface area contributed by atoms with Crippen molar-refractivity contribution in [1.29, 1.82) is 0 Å². The van der Waals surface area contributed by atoms with Gasteiger partial charge in [0.25, 0.3) is 11.8 Å². The summed E-state index contributed by atoms with van der Waals surface area (Å²) in [7, 11) is 0. The Balaban J connectivity index is 1.21. The molecule has 5 aromatic rings. The van der Waals surface area contributed by atoms with Crippen LogP contribution in [0.2, 0.25) is 0 Å². The zero-order chi connectivity index (χ0) is 37.4. The smallest absolute Gasteiger partial charge is 0.316 e. The summed E-state index contributed by atoms with van der Waals surface area (Å²) in [5.74, 6) is -1.53. The summed E-state index contributed by atoms with van der Waals surface area (Å²) >= 11 is 0. The molecule has 0 fully saturated rings. The van der Waals surface area contributed by atoms with Gasteiger partial charge >= 0.3 is 5.97 Å². The first-order chi connectivity index (χ1) is 26.2. The van der Waals surface area contributed by atoms with Gasteiger partial charge in [0.15, 0.2) is 0 Å². The number of carboxylic acid groups (broad SMARTS) is 1. The molecule has 1 aliphatic heterocycles. The standard InChI is InChI=1S/C46H42N4O4/c1-46(45(53)54,42-44(52)50(24-23-29-9-3-2-4-10-29)28-33-12-5-6-16-41(33)49-42)40-15-8-14-36-38-20-17-31-26-32(18-19-35(31)37(38)21-22-39(36)40)43(51)48-34-13-7-11-30(25-34)27-47/h2-7,9-13,16-19,21-26,42,49H,8,14-15,20,27-28,47H2,1H3,(H,48,51)(H,53,54). The van der Waals surface area contributed by atoms with Crippen LogP contribution >= 0.6 is 0 Å². The summed E-state index contributed by atoms with van der Waals surface area (Å²) in [6.07, 6.45) is 8.61. The third-order valence-corrected chi connectivity index (χ3v) is 11.2. The molecule has 0 saturated carbocycles. The second-order valence-corrected chi connectivity index (χ2v) is 14.5. The van der Waals surface area contributed by atoms with Gasteiger partial charge in [0.05, 0.1) is 6.54 Å². The normalized spacial score (nSPS) is 17.1. The maximum absolute atomic E-state index is 14.6. The number of rotatable bonds is 8. The van der Waals surface area contributed by atoms with E-state index in [0.29, 0.717) is 37.2 Å². The van der Waals surface area contributed by atoms with Crippen molar-refractivity contribution in [3.8, 4) is 0 Å². The number of carboxylic acids is 1. The predicted molar refractivity (Wildman–Crippen MR) is 212 cm³/mol. The van der Waals surface area contributed by atoms with Crippen molar-refractivity contribution in [1.82, 2.24) is 4.90 Å². The molecule has 3 aliphatic rings. The first kappa shape index (κ1) is 34.8. The van der Waals surface area contributed by atoms with Gasteiger partial charge in [-0.2, -0.15) is 0 Å². The number of benzene rings is 5. The van der Waals surface area contributed by atoms with Gasteiger partial charge in [-0.25, -0.2) is 0 Å². The zero-order valence-electron chi connectivity index (χ0n) is 30.1.